The summed E-state index contributed by atoms with van der Waals surface area (Å²) in [6, 6.07) is 11.0. The molecule has 0 aliphatic carbocycles. The van der Waals surface area contributed by atoms with Gasteiger partial charge in [0.2, 0.25) is 0 Å². The first-order chi connectivity index (χ1) is 8.97. The van der Waals surface area contributed by atoms with Crippen LogP contribution in [-0.2, 0) is 0 Å². The number of hydrogen-bond donors (Lipinski definition) is 1. The van der Waals surface area contributed by atoms with E-state index in [0.29, 0.717) is 10.8 Å². The summed E-state index contributed by atoms with van der Waals surface area (Å²) in [4.78, 5) is 0. The molecule has 0 bridgehead atoms. The second-order valence-electron chi connectivity index (χ2n) is 4.37. The highest BCUT2D eigenvalue weighted by Crippen LogP contribution is 2.32. The van der Waals surface area contributed by atoms with E-state index < -0.39 is 6.10 Å². The minimum Gasteiger partial charge on any atom is -0.457 e. The van der Waals surface area contributed by atoms with Crippen molar-refractivity contribution in [1.82, 2.24) is 0 Å². The molecule has 0 fully saturated rings. The second kappa shape index (κ2) is 5.95. The summed E-state index contributed by atoms with van der Waals surface area (Å²) in [7, 11) is 0. The molecule has 0 aliphatic rings. The largest absolute Gasteiger partial charge is 0.457 e. The summed E-state index contributed by atoms with van der Waals surface area (Å²) < 4.78 is 6.63. The average molecular weight is 342 g/mol. The molecule has 0 saturated carbocycles. The zero-order chi connectivity index (χ0) is 14.0. The minimum atomic E-state index is -0.513. The molecule has 1 unspecified atom stereocenters. The molecular weight excluding hydrogens is 328 g/mol. The van der Waals surface area contributed by atoms with E-state index in [0.717, 1.165) is 21.3 Å². The van der Waals surface area contributed by atoms with Crippen LogP contribution in [0.1, 0.15) is 24.2 Å². The fraction of sp³-hybridized carbons (Fsp3) is 0.200. The van der Waals surface area contributed by atoms with E-state index >= 15 is 0 Å². The van der Waals surface area contributed by atoms with Gasteiger partial charge in [-0.1, -0.05) is 33.6 Å². The van der Waals surface area contributed by atoms with Crippen LogP contribution in [0.5, 0.6) is 11.5 Å². The van der Waals surface area contributed by atoms with Gasteiger partial charge in [-0.2, -0.15) is 0 Å². The smallest absolute Gasteiger partial charge is 0.130 e. The highest BCUT2D eigenvalue weighted by molar-refractivity contribution is 9.10. The Hall–Kier alpha value is -1.03. The lowest BCUT2D eigenvalue weighted by Crippen LogP contribution is -1.94. The Morgan fingerprint density at radius 1 is 1.21 bits per heavy atom. The highest BCUT2D eigenvalue weighted by atomic mass is 79.9. The van der Waals surface area contributed by atoms with Crippen molar-refractivity contribution >= 4 is 27.5 Å². The first-order valence-corrected chi connectivity index (χ1v) is 7.06. The van der Waals surface area contributed by atoms with Crippen molar-refractivity contribution < 1.29 is 9.84 Å². The van der Waals surface area contributed by atoms with Crippen molar-refractivity contribution in [2.75, 3.05) is 0 Å². The van der Waals surface area contributed by atoms with Gasteiger partial charge in [0.15, 0.2) is 0 Å². The molecular formula is C15H14BrClO2. The fourth-order valence-electron chi connectivity index (χ4n) is 1.76. The molecule has 2 rings (SSSR count). The molecule has 0 aliphatic heterocycles. The molecule has 1 N–H and O–H groups in total. The van der Waals surface area contributed by atoms with Crippen molar-refractivity contribution in [3.05, 3.63) is 57.0 Å². The van der Waals surface area contributed by atoms with Crippen molar-refractivity contribution in [3.8, 4) is 11.5 Å². The van der Waals surface area contributed by atoms with Crippen molar-refractivity contribution in [2.45, 2.75) is 20.0 Å². The highest BCUT2D eigenvalue weighted by Gasteiger charge is 2.08. The molecule has 1 atom stereocenters. The maximum absolute atomic E-state index is 9.57. The lowest BCUT2D eigenvalue weighted by atomic mass is 10.1. The van der Waals surface area contributed by atoms with E-state index in [1.807, 2.05) is 37.3 Å². The van der Waals surface area contributed by atoms with Gasteiger partial charge in [0.05, 0.1) is 6.10 Å². The van der Waals surface area contributed by atoms with Crippen molar-refractivity contribution in [3.63, 3.8) is 0 Å². The molecule has 0 radical (unpaired) electrons. The number of benzene rings is 2. The van der Waals surface area contributed by atoms with E-state index in [1.54, 1.807) is 13.0 Å². The van der Waals surface area contributed by atoms with Gasteiger partial charge in [-0.05, 0) is 55.3 Å². The Bertz CT molecular complexity index is 597. The topological polar surface area (TPSA) is 29.5 Å². The minimum absolute atomic E-state index is 0.513. The lowest BCUT2D eigenvalue weighted by Gasteiger charge is -2.12. The van der Waals surface area contributed by atoms with Gasteiger partial charge < -0.3 is 9.84 Å². The number of aliphatic hydroxyl groups excluding tert-OH is 1. The molecule has 0 spiro atoms. The van der Waals surface area contributed by atoms with Crippen LogP contribution in [0, 0.1) is 6.92 Å². The molecule has 2 aromatic rings. The monoisotopic (exact) mass is 340 g/mol. The Morgan fingerprint density at radius 2 is 1.95 bits per heavy atom. The van der Waals surface area contributed by atoms with Crippen molar-refractivity contribution in [2.24, 2.45) is 0 Å². The number of halogens is 2. The summed E-state index contributed by atoms with van der Waals surface area (Å²) in [5, 5.41) is 10.3. The third-order valence-corrected chi connectivity index (χ3v) is 3.71. The number of rotatable bonds is 3. The first-order valence-electron chi connectivity index (χ1n) is 5.89. The maximum atomic E-state index is 9.57. The predicted molar refractivity (Wildman–Crippen MR) is 81.0 cm³/mol. The Kier molecular flexibility index (Phi) is 4.50. The van der Waals surface area contributed by atoms with Crippen LogP contribution in [0.15, 0.2) is 40.9 Å². The van der Waals surface area contributed by atoms with E-state index in [9.17, 15) is 5.11 Å². The van der Waals surface area contributed by atoms with Crippen LogP contribution in [0.3, 0.4) is 0 Å². The molecule has 100 valence electrons. The Labute approximate surface area is 126 Å². The van der Waals surface area contributed by atoms with Crippen LogP contribution < -0.4 is 4.74 Å². The molecule has 0 amide bonds. The summed E-state index contributed by atoms with van der Waals surface area (Å²) in [6.45, 7) is 3.67. The second-order valence-corrected chi connectivity index (χ2v) is 5.66. The van der Waals surface area contributed by atoms with Gasteiger partial charge in [-0.3, -0.25) is 0 Å². The first kappa shape index (κ1) is 14.4. The number of aliphatic hydroxyl groups is 1. The summed E-state index contributed by atoms with van der Waals surface area (Å²) in [6.07, 6.45) is -0.513. The van der Waals surface area contributed by atoms with Gasteiger partial charge >= 0.3 is 0 Å². The van der Waals surface area contributed by atoms with Gasteiger partial charge in [0.1, 0.15) is 11.5 Å². The van der Waals surface area contributed by atoms with Crippen LogP contribution in [0.4, 0.5) is 0 Å². The van der Waals surface area contributed by atoms with Crippen molar-refractivity contribution in [1.29, 1.82) is 0 Å². The zero-order valence-corrected chi connectivity index (χ0v) is 13.0. The third-order valence-electron chi connectivity index (χ3n) is 2.79. The lowest BCUT2D eigenvalue weighted by molar-refractivity contribution is 0.198. The van der Waals surface area contributed by atoms with E-state index in [4.69, 9.17) is 16.3 Å². The molecule has 2 nitrogen and oxygen atoms in total. The zero-order valence-electron chi connectivity index (χ0n) is 10.7. The SMILES string of the molecule is Cc1cc(Cl)ccc1Oc1ccc(C(C)O)c(Br)c1. The maximum Gasteiger partial charge on any atom is 0.130 e. The number of ether oxygens (including phenoxy) is 1. The molecule has 19 heavy (non-hydrogen) atoms. The molecule has 0 saturated heterocycles. The van der Waals surface area contributed by atoms with Gasteiger partial charge in [-0.15, -0.1) is 0 Å². The van der Waals surface area contributed by atoms with Gasteiger partial charge in [-0.25, -0.2) is 0 Å². The van der Waals surface area contributed by atoms with E-state index in [1.165, 1.54) is 0 Å². The van der Waals surface area contributed by atoms with Crippen LogP contribution in [0.2, 0.25) is 5.02 Å². The Morgan fingerprint density at radius 3 is 2.53 bits per heavy atom. The van der Waals surface area contributed by atoms with Gasteiger partial charge in [0.25, 0.3) is 0 Å². The standard InChI is InChI=1S/C15H14BrClO2/c1-9-7-11(17)3-6-15(9)19-12-4-5-13(10(2)18)14(16)8-12/h3-8,10,18H,1-2H3. The summed E-state index contributed by atoms with van der Waals surface area (Å²) in [5.74, 6) is 1.47. The fourth-order valence-corrected chi connectivity index (χ4v) is 2.68. The summed E-state index contributed by atoms with van der Waals surface area (Å²) >= 11 is 9.34. The molecule has 4 heteroatoms. The van der Waals surface area contributed by atoms with E-state index in [2.05, 4.69) is 15.9 Å². The van der Waals surface area contributed by atoms with Crippen LogP contribution in [0.25, 0.3) is 0 Å². The quantitative estimate of drug-likeness (QED) is 0.825. The summed E-state index contributed by atoms with van der Waals surface area (Å²) in [5.41, 5.74) is 1.81. The van der Waals surface area contributed by atoms with Crippen LogP contribution >= 0.6 is 27.5 Å². The Balaban J connectivity index is 2.26. The van der Waals surface area contributed by atoms with Crippen LogP contribution in [-0.4, -0.2) is 5.11 Å². The van der Waals surface area contributed by atoms with Gasteiger partial charge in [0, 0.05) is 9.50 Å². The van der Waals surface area contributed by atoms with E-state index in [-0.39, 0.29) is 0 Å². The molecule has 0 heterocycles. The normalized spacial score (nSPS) is 12.3. The number of aryl methyl sites for hydroxylation is 1. The average Bonchev–Trinajstić information content (AvgIpc) is 2.32. The third kappa shape index (κ3) is 3.50. The number of hydrogen-bond acceptors (Lipinski definition) is 2. The predicted octanol–water partition coefficient (Wildman–Crippen LogP) is 5.26. The molecule has 0 aromatic heterocycles. The molecule has 2 aromatic carbocycles.